The largest absolute Gasteiger partial charge is 0.481 e. The van der Waals surface area contributed by atoms with Crippen molar-refractivity contribution in [3.8, 4) is 0 Å². The van der Waals surface area contributed by atoms with Gasteiger partial charge in [-0.3, -0.25) is 4.79 Å². The molecule has 0 saturated carbocycles. The molecule has 7 nitrogen and oxygen atoms in total. The number of ether oxygens (including phenoxy) is 1. The van der Waals surface area contributed by atoms with E-state index in [2.05, 4.69) is 22.4 Å². The van der Waals surface area contributed by atoms with E-state index in [0.29, 0.717) is 6.61 Å². The molecule has 1 aromatic heterocycles. The number of tetrazole rings is 1. The molecule has 1 saturated heterocycles. The monoisotopic (exact) mass is 282 g/mol. The van der Waals surface area contributed by atoms with Crippen LogP contribution in [-0.4, -0.2) is 44.0 Å². The molecule has 1 aliphatic heterocycles. The Hall–Kier alpha value is -1.50. The van der Waals surface area contributed by atoms with Crippen LogP contribution in [0.25, 0.3) is 0 Å². The lowest BCUT2D eigenvalue weighted by Gasteiger charge is -2.23. The molecule has 0 aromatic carbocycles. The first-order valence-electron chi connectivity index (χ1n) is 7.15. The maximum absolute atomic E-state index is 11.1. The molecule has 7 heteroatoms. The molecule has 0 radical (unpaired) electrons. The number of aliphatic carboxylic acids is 1. The molecule has 2 heterocycles. The van der Waals surface area contributed by atoms with Gasteiger partial charge in [0.1, 0.15) is 0 Å². The second kappa shape index (κ2) is 6.30. The Balaban J connectivity index is 2.28. The minimum Gasteiger partial charge on any atom is -0.481 e. The number of carboxylic acids is 1. The van der Waals surface area contributed by atoms with Gasteiger partial charge in [0.15, 0.2) is 5.82 Å². The Morgan fingerprint density at radius 2 is 2.30 bits per heavy atom. The van der Waals surface area contributed by atoms with Crippen molar-refractivity contribution >= 4 is 5.97 Å². The third-order valence-corrected chi connectivity index (χ3v) is 3.93. The fourth-order valence-electron chi connectivity index (χ4n) is 2.81. The second-order valence-corrected chi connectivity index (χ2v) is 5.60. The van der Waals surface area contributed by atoms with Gasteiger partial charge in [-0.1, -0.05) is 20.8 Å². The number of carbonyl (C=O) groups is 1. The highest BCUT2D eigenvalue weighted by atomic mass is 16.5. The third-order valence-electron chi connectivity index (χ3n) is 3.93. The number of rotatable bonds is 6. The number of nitrogens with zero attached hydrogens (tertiary/aromatic N) is 4. The van der Waals surface area contributed by atoms with Crippen LogP contribution in [0.1, 0.15) is 57.8 Å². The lowest BCUT2D eigenvalue weighted by Crippen LogP contribution is -2.25. The predicted octanol–water partition coefficient (Wildman–Crippen LogP) is 1.63. The lowest BCUT2D eigenvalue weighted by molar-refractivity contribution is -0.138. The van der Waals surface area contributed by atoms with Gasteiger partial charge in [-0.25, -0.2) is 4.68 Å². The highest BCUT2D eigenvalue weighted by Crippen LogP contribution is 2.34. The van der Waals surface area contributed by atoms with Gasteiger partial charge in [-0.15, -0.1) is 5.10 Å². The van der Waals surface area contributed by atoms with Gasteiger partial charge in [0, 0.05) is 12.5 Å². The summed E-state index contributed by atoms with van der Waals surface area (Å²) >= 11 is 0. The molecule has 1 aromatic rings. The number of hydrogen-bond donors (Lipinski definition) is 1. The van der Waals surface area contributed by atoms with Gasteiger partial charge in [-0.05, 0) is 29.2 Å². The Labute approximate surface area is 118 Å². The Kier molecular flexibility index (Phi) is 4.69. The fraction of sp³-hybridized carbons (Fsp3) is 0.846. The maximum Gasteiger partial charge on any atom is 0.305 e. The van der Waals surface area contributed by atoms with Crippen LogP contribution < -0.4 is 0 Å². The first-order valence-corrected chi connectivity index (χ1v) is 7.15. The molecule has 3 unspecified atom stereocenters. The fourth-order valence-corrected chi connectivity index (χ4v) is 2.81. The van der Waals surface area contributed by atoms with Gasteiger partial charge < -0.3 is 9.84 Å². The summed E-state index contributed by atoms with van der Waals surface area (Å²) in [5.41, 5.74) is 0. The van der Waals surface area contributed by atoms with Crippen LogP contribution in [0, 0.1) is 5.92 Å². The quantitative estimate of drug-likeness (QED) is 0.852. The minimum atomic E-state index is -0.833. The van der Waals surface area contributed by atoms with Crippen molar-refractivity contribution in [2.45, 2.75) is 58.1 Å². The van der Waals surface area contributed by atoms with Gasteiger partial charge in [0.25, 0.3) is 0 Å². The van der Waals surface area contributed by atoms with Crippen LogP contribution in [0.15, 0.2) is 0 Å². The maximum atomic E-state index is 11.1. The zero-order valence-electron chi connectivity index (χ0n) is 12.2. The summed E-state index contributed by atoms with van der Waals surface area (Å²) in [5, 5.41) is 21.0. The molecule has 0 spiro atoms. The van der Waals surface area contributed by atoms with E-state index in [4.69, 9.17) is 9.84 Å². The summed E-state index contributed by atoms with van der Waals surface area (Å²) in [4.78, 5) is 11.1. The number of aromatic nitrogens is 4. The minimum absolute atomic E-state index is 0.0279. The van der Waals surface area contributed by atoms with Crippen molar-refractivity contribution in [1.82, 2.24) is 20.2 Å². The van der Waals surface area contributed by atoms with Crippen molar-refractivity contribution in [2.24, 2.45) is 5.92 Å². The van der Waals surface area contributed by atoms with Crippen molar-refractivity contribution in [3.63, 3.8) is 0 Å². The normalized spacial score (nSPS) is 24.2. The Morgan fingerprint density at radius 3 is 2.90 bits per heavy atom. The van der Waals surface area contributed by atoms with Crippen molar-refractivity contribution in [1.29, 1.82) is 0 Å². The molecule has 1 fully saturated rings. The lowest BCUT2D eigenvalue weighted by atomic mass is 9.96. The Bertz CT molecular complexity index is 460. The van der Waals surface area contributed by atoms with E-state index in [1.165, 1.54) is 0 Å². The second-order valence-electron chi connectivity index (χ2n) is 5.60. The van der Waals surface area contributed by atoms with E-state index in [0.717, 1.165) is 18.7 Å². The average Bonchev–Trinajstić information content (AvgIpc) is 3.02. The summed E-state index contributed by atoms with van der Waals surface area (Å²) in [7, 11) is 0. The molecule has 2 rings (SSSR count). The van der Waals surface area contributed by atoms with Crippen LogP contribution in [0.5, 0.6) is 0 Å². The van der Waals surface area contributed by atoms with Crippen molar-refractivity contribution < 1.29 is 14.6 Å². The highest BCUT2D eigenvalue weighted by molar-refractivity contribution is 5.67. The summed E-state index contributed by atoms with van der Waals surface area (Å²) in [6.07, 6.45) is 1.94. The molecular formula is C13H22N4O3. The van der Waals surface area contributed by atoms with E-state index in [1.807, 2.05) is 13.8 Å². The van der Waals surface area contributed by atoms with Crippen LogP contribution in [-0.2, 0) is 9.53 Å². The average molecular weight is 282 g/mol. The van der Waals surface area contributed by atoms with E-state index >= 15 is 0 Å². The molecule has 0 amide bonds. The summed E-state index contributed by atoms with van der Waals surface area (Å²) < 4.78 is 7.38. The van der Waals surface area contributed by atoms with Gasteiger partial charge in [-0.2, -0.15) is 0 Å². The van der Waals surface area contributed by atoms with E-state index in [-0.39, 0.29) is 30.4 Å². The first kappa shape index (κ1) is 14.9. The first-order chi connectivity index (χ1) is 9.54. The topological polar surface area (TPSA) is 90.1 Å². The van der Waals surface area contributed by atoms with E-state index in [9.17, 15) is 4.79 Å². The van der Waals surface area contributed by atoms with Crippen LogP contribution in [0.4, 0.5) is 0 Å². The zero-order valence-corrected chi connectivity index (χ0v) is 12.2. The predicted molar refractivity (Wildman–Crippen MR) is 71.3 cm³/mol. The molecular weight excluding hydrogens is 260 g/mol. The van der Waals surface area contributed by atoms with E-state index in [1.54, 1.807) is 4.68 Å². The smallest absolute Gasteiger partial charge is 0.305 e. The molecule has 0 aliphatic carbocycles. The standard InChI is InChI=1S/C13H22N4O3/c1-4-11-9(5-6-20-11)13-14-15-16-17(13)10(8(2)3)7-12(18)19/h8-11H,4-7H2,1-3H3,(H,18,19). The van der Waals surface area contributed by atoms with E-state index < -0.39 is 5.97 Å². The highest BCUT2D eigenvalue weighted by Gasteiger charge is 2.35. The van der Waals surface area contributed by atoms with Crippen LogP contribution in [0.3, 0.4) is 0 Å². The van der Waals surface area contributed by atoms with Crippen LogP contribution in [0.2, 0.25) is 0 Å². The Morgan fingerprint density at radius 1 is 1.55 bits per heavy atom. The van der Waals surface area contributed by atoms with Crippen LogP contribution >= 0.6 is 0 Å². The third kappa shape index (κ3) is 2.98. The summed E-state index contributed by atoms with van der Waals surface area (Å²) in [5.74, 6) is 0.231. The molecule has 112 valence electrons. The molecule has 0 bridgehead atoms. The zero-order chi connectivity index (χ0) is 14.7. The van der Waals surface area contributed by atoms with Gasteiger partial charge in [0.05, 0.1) is 18.6 Å². The summed E-state index contributed by atoms with van der Waals surface area (Å²) in [6.45, 7) is 6.76. The van der Waals surface area contributed by atoms with Crippen molar-refractivity contribution in [3.05, 3.63) is 5.82 Å². The van der Waals surface area contributed by atoms with Gasteiger partial charge >= 0.3 is 5.97 Å². The number of carboxylic acid groups (broad SMARTS) is 1. The SMILES string of the molecule is CCC1OCCC1c1nnnn1C(CC(=O)O)C(C)C. The van der Waals surface area contributed by atoms with Gasteiger partial charge in [0.2, 0.25) is 0 Å². The van der Waals surface area contributed by atoms with Crippen molar-refractivity contribution in [2.75, 3.05) is 6.61 Å². The molecule has 1 aliphatic rings. The molecule has 20 heavy (non-hydrogen) atoms. The molecule has 3 atom stereocenters. The number of hydrogen-bond acceptors (Lipinski definition) is 5. The summed E-state index contributed by atoms with van der Waals surface area (Å²) in [6, 6.07) is -0.226. The molecule has 1 N–H and O–H groups in total.